The molecule has 0 saturated carbocycles. The standard InChI is InChI=1S/C12H12BrClFNO4S/c1-6-10(2-3-20-6)16-12(17)7-4-11(21(14,18)19)9(15)5-8(7)13/h4-6,10H,2-3H2,1H3,(H,16,17). The number of hydrogen-bond donors (Lipinski definition) is 1. The summed E-state index contributed by atoms with van der Waals surface area (Å²) in [6.07, 6.45) is 0.524. The number of ether oxygens (including phenoxy) is 1. The van der Waals surface area contributed by atoms with E-state index in [4.69, 9.17) is 15.4 Å². The Kier molecular flexibility index (Phi) is 4.92. The maximum absolute atomic E-state index is 13.6. The van der Waals surface area contributed by atoms with E-state index in [9.17, 15) is 17.6 Å². The molecule has 1 aliphatic heterocycles. The topological polar surface area (TPSA) is 72.5 Å². The molecular weight excluding hydrogens is 389 g/mol. The predicted molar refractivity (Wildman–Crippen MR) is 78.4 cm³/mol. The lowest BCUT2D eigenvalue weighted by Gasteiger charge is -2.17. The molecule has 2 unspecified atom stereocenters. The number of carbonyl (C=O) groups excluding carboxylic acids is 1. The molecular formula is C12H12BrClFNO4S. The fourth-order valence-corrected chi connectivity index (χ4v) is 3.46. The van der Waals surface area contributed by atoms with Crippen molar-refractivity contribution in [2.45, 2.75) is 30.4 Å². The molecule has 2 rings (SSSR count). The second-order valence-electron chi connectivity index (χ2n) is 4.64. The lowest BCUT2D eigenvalue weighted by molar-refractivity contribution is 0.0865. The highest BCUT2D eigenvalue weighted by atomic mass is 79.9. The first kappa shape index (κ1) is 16.7. The van der Waals surface area contributed by atoms with Crippen molar-refractivity contribution in [2.24, 2.45) is 0 Å². The first-order valence-corrected chi connectivity index (χ1v) is 9.16. The fraction of sp³-hybridized carbons (Fsp3) is 0.417. The third kappa shape index (κ3) is 3.74. The smallest absolute Gasteiger partial charge is 0.264 e. The van der Waals surface area contributed by atoms with Gasteiger partial charge in [0, 0.05) is 21.8 Å². The van der Waals surface area contributed by atoms with Gasteiger partial charge in [0.25, 0.3) is 15.0 Å². The van der Waals surface area contributed by atoms with Gasteiger partial charge in [0.2, 0.25) is 0 Å². The molecule has 1 heterocycles. The van der Waals surface area contributed by atoms with Crippen molar-refractivity contribution >= 4 is 41.6 Å². The molecule has 21 heavy (non-hydrogen) atoms. The van der Waals surface area contributed by atoms with E-state index in [-0.39, 0.29) is 22.2 Å². The van der Waals surface area contributed by atoms with Crippen molar-refractivity contribution in [2.75, 3.05) is 6.61 Å². The lowest BCUT2D eigenvalue weighted by atomic mass is 10.1. The van der Waals surface area contributed by atoms with Crippen LogP contribution in [0, 0.1) is 5.82 Å². The van der Waals surface area contributed by atoms with E-state index >= 15 is 0 Å². The van der Waals surface area contributed by atoms with Gasteiger partial charge in [0.15, 0.2) is 0 Å². The van der Waals surface area contributed by atoms with Crippen LogP contribution in [-0.2, 0) is 13.8 Å². The van der Waals surface area contributed by atoms with Gasteiger partial charge in [-0.15, -0.1) is 0 Å². The van der Waals surface area contributed by atoms with E-state index < -0.39 is 25.7 Å². The third-order valence-corrected chi connectivity index (χ3v) is 5.21. The average molecular weight is 401 g/mol. The largest absolute Gasteiger partial charge is 0.376 e. The molecule has 1 N–H and O–H groups in total. The van der Waals surface area contributed by atoms with E-state index in [1.165, 1.54) is 0 Å². The SMILES string of the molecule is CC1OCCC1NC(=O)c1cc(S(=O)(=O)Cl)c(F)cc1Br. The van der Waals surface area contributed by atoms with Gasteiger partial charge in [-0.3, -0.25) is 4.79 Å². The van der Waals surface area contributed by atoms with Crippen molar-refractivity contribution in [1.29, 1.82) is 0 Å². The highest BCUT2D eigenvalue weighted by Crippen LogP contribution is 2.27. The zero-order chi connectivity index (χ0) is 15.8. The molecule has 1 aromatic carbocycles. The molecule has 0 aromatic heterocycles. The third-order valence-electron chi connectivity index (χ3n) is 3.22. The van der Waals surface area contributed by atoms with E-state index in [0.29, 0.717) is 13.0 Å². The van der Waals surface area contributed by atoms with Crippen molar-refractivity contribution in [3.05, 3.63) is 28.0 Å². The number of nitrogens with one attached hydrogen (secondary N) is 1. The molecule has 0 spiro atoms. The summed E-state index contributed by atoms with van der Waals surface area (Å²) in [6, 6.07) is 1.64. The Labute approximate surface area is 134 Å². The van der Waals surface area contributed by atoms with Crippen LogP contribution in [0.25, 0.3) is 0 Å². The first-order chi connectivity index (χ1) is 9.70. The van der Waals surface area contributed by atoms with Crippen LogP contribution in [0.2, 0.25) is 0 Å². The molecule has 1 aliphatic rings. The van der Waals surface area contributed by atoms with Gasteiger partial charge >= 0.3 is 0 Å². The van der Waals surface area contributed by atoms with Crippen LogP contribution in [0.5, 0.6) is 0 Å². The van der Waals surface area contributed by atoms with E-state index in [0.717, 1.165) is 12.1 Å². The molecule has 1 aromatic rings. The number of hydrogen-bond acceptors (Lipinski definition) is 4. The normalized spacial score (nSPS) is 22.3. The summed E-state index contributed by atoms with van der Waals surface area (Å²) in [6.45, 7) is 2.37. The van der Waals surface area contributed by atoms with Crippen LogP contribution >= 0.6 is 26.6 Å². The maximum Gasteiger partial charge on any atom is 0.264 e. The van der Waals surface area contributed by atoms with Gasteiger partial charge in [-0.05, 0) is 41.4 Å². The Balaban J connectivity index is 2.33. The summed E-state index contributed by atoms with van der Waals surface area (Å²) in [5, 5.41) is 2.73. The number of rotatable bonds is 3. The summed E-state index contributed by atoms with van der Waals surface area (Å²) in [4.78, 5) is 11.5. The van der Waals surface area contributed by atoms with Crippen LogP contribution in [0.1, 0.15) is 23.7 Å². The van der Waals surface area contributed by atoms with Gasteiger partial charge < -0.3 is 10.1 Å². The van der Waals surface area contributed by atoms with E-state index in [2.05, 4.69) is 21.2 Å². The first-order valence-electron chi connectivity index (χ1n) is 6.06. The minimum absolute atomic E-state index is 0.00488. The summed E-state index contributed by atoms with van der Waals surface area (Å²) in [5.41, 5.74) is -0.00488. The zero-order valence-electron chi connectivity index (χ0n) is 10.9. The van der Waals surface area contributed by atoms with Gasteiger partial charge in [0.05, 0.1) is 17.7 Å². The second kappa shape index (κ2) is 6.20. The molecule has 0 aliphatic carbocycles. The number of carbonyl (C=O) groups is 1. The van der Waals surface area contributed by atoms with Gasteiger partial charge in [0.1, 0.15) is 10.7 Å². The fourth-order valence-electron chi connectivity index (χ4n) is 2.06. The second-order valence-corrected chi connectivity index (χ2v) is 8.03. The zero-order valence-corrected chi connectivity index (χ0v) is 14.1. The van der Waals surface area contributed by atoms with Crippen LogP contribution in [0.3, 0.4) is 0 Å². The molecule has 1 fully saturated rings. The van der Waals surface area contributed by atoms with E-state index in [1.807, 2.05) is 6.92 Å². The highest BCUT2D eigenvalue weighted by Gasteiger charge is 2.28. The summed E-state index contributed by atoms with van der Waals surface area (Å²) in [7, 11) is 0.879. The minimum atomic E-state index is -4.27. The van der Waals surface area contributed by atoms with Gasteiger partial charge in [-0.2, -0.15) is 0 Å². The Hall–Kier alpha value is -0.700. The van der Waals surface area contributed by atoms with Crippen molar-refractivity contribution in [3.8, 4) is 0 Å². The molecule has 5 nitrogen and oxygen atoms in total. The lowest BCUT2D eigenvalue weighted by Crippen LogP contribution is -2.39. The van der Waals surface area contributed by atoms with Crippen LogP contribution in [-0.4, -0.2) is 33.1 Å². The summed E-state index contributed by atoms with van der Waals surface area (Å²) >= 11 is 3.04. The molecule has 0 radical (unpaired) electrons. The minimum Gasteiger partial charge on any atom is -0.376 e. The molecule has 1 amide bonds. The molecule has 2 atom stereocenters. The van der Waals surface area contributed by atoms with Crippen LogP contribution in [0.15, 0.2) is 21.5 Å². The van der Waals surface area contributed by atoms with Gasteiger partial charge in [-0.25, -0.2) is 12.8 Å². The number of halogens is 3. The Morgan fingerprint density at radius 2 is 2.19 bits per heavy atom. The Bertz CT molecular complexity index is 682. The van der Waals surface area contributed by atoms with Gasteiger partial charge in [-0.1, -0.05) is 0 Å². The highest BCUT2D eigenvalue weighted by molar-refractivity contribution is 9.10. The summed E-state index contributed by atoms with van der Waals surface area (Å²) < 4.78 is 41.7. The van der Waals surface area contributed by atoms with Crippen LogP contribution in [0.4, 0.5) is 4.39 Å². The van der Waals surface area contributed by atoms with Crippen molar-refractivity contribution in [1.82, 2.24) is 5.32 Å². The molecule has 9 heteroatoms. The molecule has 0 bridgehead atoms. The predicted octanol–water partition coefficient (Wildman–Crippen LogP) is 2.42. The average Bonchev–Trinajstić information content (AvgIpc) is 2.73. The Morgan fingerprint density at radius 3 is 2.71 bits per heavy atom. The van der Waals surface area contributed by atoms with Crippen molar-refractivity contribution in [3.63, 3.8) is 0 Å². The Morgan fingerprint density at radius 1 is 1.52 bits per heavy atom. The number of benzene rings is 1. The maximum atomic E-state index is 13.6. The number of amides is 1. The quantitative estimate of drug-likeness (QED) is 0.791. The summed E-state index contributed by atoms with van der Waals surface area (Å²) in [5.74, 6) is -1.54. The monoisotopic (exact) mass is 399 g/mol. The molecule has 1 saturated heterocycles. The van der Waals surface area contributed by atoms with Crippen molar-refractivity contribution < 1.29 is 22.3 Å². The van der Waals surface area contributed by atoms with E-state index in [1.54, 1.807) is 0 Å². The van der Waals surface area contributed by atoms with Crippen LogP contribution < -0.4 is 5.32 Å². The molecule has 116 valence electrons.